The predicted molar refractivity (Wildman–Crippen MR) is 87.5 cm³/mol. The van der Waals surface area contributed by atoms with Crippen molar-refractivity contribution in [3.63, 3.8) is 0 Å². The number of nitrogens with two attached hydrogens (primary N) is 1. The van der Waals surface area contributed by atoms with E-state index in [2.05, 4.69) is 4.72 Å². The number of thiophene rings is 1. The van der Waals surface area contributed by atoms with Crippen LogP contribution >= 0.6 is 11.3 Å². The fourth-order valence-electron chi connectivity index (χ4n) is 3.50. The molecule has 3 N–H and O–H groups in total. The highest BCUT2D eigenvalue weighted by Crippen LogP contribution is 2.30. The summed E-state index contributed by atoms with van der Waals surface area (Å²) >= 11 is 1.57. The molecule has 0 spiro atoms. The molecule has 1 amide bonds. The minimum absolute atomic E-state index is 0.00122. The Bertz CT molecular complexity index is 666. The van der Waals surface area contributed by atoms with Gasteiger partial charge in [-0.1, -0.05) is 0 Å². The lowest BCUT2D eigenvalue weighted by atomic mass is 9.96. The van der Waals surface area contributed by atoms with Crippen LogP contribution in [-0.4, -0.2) is 26.1 Å². The second kappa shape index (κ2) is 6.29. The van der Waals surface area contributed by atoms with E-state index < -0.39 is 15.9 Å². The number of hydrogen-bond donors (Lipinski definition) is 2. The van der Waals surface area contributed by atoms with Gasteiger partial charge in [0.25, 0.3) is 5.91 Å². The molecular formula is C15H22N2O3S2. The van der Waals surface area contributed by atoms with Crippen LogP contribution in [0.15, 0.2) is 5.38 Å². The molecule has 7 heteroatoms. The molecule has 122 valence electrons. The molecule has 1 aromatic rings. The number of rotatable bonds is 4. The van der Waals surface area contributed by atoms with E-state index in [-0.39, 0.29) is 17.7 Å². The number of amides is 1. The van der Waals surface area contributed by atoms with Gasteiger partial charge in [0.1, 0.15) is 0 Å². The molecule has 1 aromatic heterocycles. The van der Waals surface area contributed by atoms with Crippen LogP contribution in [0.25, 0.3) is 0 Å². The van der Waals surface area contributed by atoms with Crippen molar-refractivity contribution in [2.24, 2.45) is 11.7 Å². The molecule has 1 saturated carbocycles. The molecule has 0 saturated heterocycles. The molecular weight excluding hydrogens is 320 g/mol. The number of nitrogens with one attached hydrogen (secondary N) is 1. The van der Waals surface area contributed by atoms with Gasteiger partial charge in [-0.05, 0) is 56.4 Å². The Kier molecular flexibility index (Phi) is 4.56. The van der Waals surface area contributed by atoms with Crippen LogP contribution in [-0.2, 0) is 22.9 Å². The van der Waals surface area contributed by atoms with Crippen LogP contribution in [0.2, 0.25) is 0 Å². The molecule has 0 bridgehead atoms. The summed E-state index contributed by atoms with van der Waals surface area (Å²) in [5, 5.41) is 1.80. The van der Waals surface area contributed by atoms with Crippen LogP contribution in [0.5, 0.6) is 0 Å². The third kappa shape index (κ3) is 3.52. The maximum Gasteiger partial charge on any atom is 0.265 e. The lowest BCUT2D eigenvalue weighted by molar-refractivity contribution is 0.0980. The molecule has 0 unspecified atom stereocenters. The molecule has 2 atom stereocenters. The highest BCUT2D eigenvalue weighted by molar-refractivity contribution is 7.90. The molecule has 22 heavy (non-hydrogen) atoms. The Morgan fingerprint density at radius 2 is 2.09 bits per heavy atom. The van der Waals surface area contributed by atoms with Gasteiger partial charge >= 0.3 is 0 Å². The van der Waals surface area contributed by atoms with E-state index in [0.29, 0.717) is 5.56 Å². The summed E-state index contributed by atoms with van der Waals surface area (Å²) in [6.07, 6.45) is 6.50. The van der Waals surface area contributed by atoms with Gasteiger partial charge < -0.3 is 5.73 Å². The molecule has 5 nitrogen and oxygen atoms in total. The van der Waals surface area contributed by atoms with Crippen LogP contribution in [0, 0.1) is 5.92 Å². The average molecular weight is 342 g/mol. The van der Waals surface area contributed by atoms with Crippen LogP contribution in [0.1, 0.15) is 52.9 Å². The summed E-state index contributed by atoms with van der Waals surface area (Å²) in [6, 6.07) is 0.0970. The molecule has 2 aliphatic rings. The molecule has 1 fully saturated rings. The fourth-order valence-corrected chi connectivity index (χ4v) is 6.02. The Labute approximate surface area is 135 Å². The Hall–Kier alpha value is -0.920. The second-order valence-electron chi connectivity index (χ2n) is 6.41. The first kappa shape index (κ1) is 16.0. The zero-order chi connectivity index (χ0) is 15.7. The van der Waals surface area contributed by atoms with E-state index >= 15 is 0 Å². The molecule has 2 aliphatic carbocycles. The fraction of sp³-hybridized carbons (Fsp3) is 0.667. The van der Waals surface area contributed by atoms with Gasteiger partial charge in [-0.15, -0.1) is 11.3 Å². The van der Waals surface area contributed by atoms with Crippen LogP contribution in [0.3, 0.4) is 0 Å². The molecule has 0 aliphatic heterocycles. The standard InChI is InChI=1S/C15H22N2O3S2/c16-11-6-5-10(7-11)9-22(19,20)17-15(18)13-8-21-14-4-2-1-3-12(13)14/h8,10-11H,1-7,9,16H2,(H,17,18)/t10-,11+/m0/s1. The summed E-state index contributed by atoms with van der Waals surface area (Å²) in [4.78, 5) is 13.6. The maximum absolute atomic E-state index is 12.3. The van der Waals surface area contributed by atoms with E-state index in [1.54, 1.807) is 16.7 Å². The number of aryl methyl sites for hydroxylation is 1. The van der Waals surface area contributed by atoms with Gasteiger partial charge in [-0.25, -0.2) is 13.1 Å². The molecule has 0 radical (unpaired) electrons. The van der Waals surface area contributed by atoms with Gasteiger partial charge in [0.05, 0.1) is 11.3 Å². The monoisotopic (exact) mass is 342 g/mol. The van der Waals surface area contributed by atoms with Crippen molar-refractivity contribution >= 4 is 27.3 Å². The maximum atomic E-state index is 12.3. The summed E-state index contributed by atoms with van der Waals surface area (Å²) in [5.74, 6) is -0.405. The van der Waals surface area contributed by atoms with Crippen molar-refractivity contribution in [1.29, 1.82) is 0 Å². The molecule has 3 rings (SSSR count). The number of sulfonamides is 1. The first-order chi connectivity index (χ1) is 10.4. The number of fused-ring (bicyclic) bond motifs is 1. The summed E-state index contributed by atoms with van der Waals surface area (Å²) in [7, 11) is -3.59. The third-order valence-electron chi connectivity index (χ3n) is 4.59. The second-order valence-corrected chi connectivity index (χ2v) is 9.14. The normalized spacial score (nSPS) is 25.0. The van der Waals surface area contributed by atoms with Gasteiger partial charge in [-0.3, -0.25) is 4.79 Å². The van der Waals surface area contributed by atoms with Crippen molar-refractivity contribution in [1.82, 2.24) is 4.72 Å². The third-order valence-corrected chi connectivity index (χ3v) is 7.09. The summed E-state index contributed by atoms with van der Waals surface area (Å²) in [6.45, 7) is 0. The predicted octanol–water partition coefficient (Wildman–Crippen LogP) is 1.81. The van der Waals surface area contributed by atoms with Gasteiger partial charge in [0, 0.05) is 16.3 Å². The SMILES string of the molecule is N[C@@H]1CC[C@H](CS(=O)(=O)NC(=O)c2csc3c2CCCC3)C1. The van der Waals surface area contributed by atoms with Gasteiger partial charge in [0.2, 0.25) is 10.0 Å². The first-order valence-electron chi connectivity index (χ1n) is 7.84. The highest BCUT2D eigenvalue weighted by Gasteiger charge is 2.29. The van der Waals surface area contributed by atoms with Crippen LogP contribution < -0.4 is 10.5 Å². The van der Waals surface area contributed by atoms with E-state index in [4.69, 9.17) is 5.73 Å². The van der Waals surface area contributed by atoms with Crippen molar-refractivity contribution in [2.45, 2.75) is 51.0 Å². The number of hydrogen-bond acceptors (Lipinski definition) is 5. The lowest BCUT2D eigenvalue weighted by Gasteiger charge is -2.14. The average Bonchev–Trinajstić information content (AvgIpc) is 3.03. The molecule has 1 heterocycles. The van der Waals surface area contributed by atoms with E-state index in [1.165, 1.54) is 4.88 Å². The van der Waals surface area contributed by atoms with Crippen molar-refractivity contribution in [2.75, 3.05) is 5.75 Å². The Morgan fingerprint density at radius 3 is 2.82 bits per heavy atom. The summed E-state index contributed by atoms with van der Waals surface area (Å²) in [5.41, 5.74) is 7.41. The number of carbonyl (C=O) groups excluding carboxylic acids is 1. The Balaban J connectivity index is 1.67. The highest BCUT2D eigenvalue weighted by atomic mass is 32.2. The first-order valence-corrected chi connectivity index (χ1v) is 10.4. The van der Waals surface area contributed by atoms with E-state index in [0.717, 1.165) is 50.5 Å². The minimum Gasteiger partial charge on any atom is -0.328 e. The zero-order valence-corrected chi connectivity index (χ0v) is 14.1. The smallest absolute Gasteiger partial charge is 0.265 e. The molecule has 0 aromatic carbocycles. The van der Waals surface area contributed by atoms with Crippen molar-refractivity contribution in [3.05, 3.63) is 21.4 Å². The summed E-state index contributed by atoms with van der Waals surface area (Å²) < 4.78 is 26.6. The number of carbonyl (C=O) groups is 1. The minimum atomic E-state index is -3.59. The van der Waals surface area contributed by atoms with Crippen molar-refractivity contribution in [3.8, 4) is 0 Å². The van der Waals surface area contributed by atoms with Gasteiger partial charge in [-0.2, -0.15) is 0 Å². The lowest BCUT2D eigenvalue weighted by Crippen LogP contribution is -2.35. The van der Waals surface area contributed by atoms with Crippen LogP contribution in [0.4, 0.5) is 0 Å². The van der Waals surface area contributed by atoms with E-state index in [1.807, 2.05) is 0 Å². The largest absolute Gasteiger partial charge is 0.328 e. The van der Waals surface area contributed by atoms with Gasteiger partial charge in [0.15, 0.2) is 0 Å². The Morgan fingerprint density at radius 1 is 1.32 bits per heavy atom. The van der Waals surface area contributed by atoms with Crippen molar-refractivity contribution < 1.29 is 13.2 Å². The zero-order valence-electron chi connectivity index (χ0n) is 12.5. The van der Waals surface area contributed by atoms with E-state index in [9.17, 15) is 13.2 Å². The quantitative estimate of drug-likeness (QED) is 0.873. The topological polar surface area (TPSA) is 89.3 Å².